The van der Waals surface area contributed by atoms with Crippen LogP contribution in [0.25, 0.3) is 99.9 Å². The zero-order valence-electron chi connectivity index (χ0n) is 46.9. The van der Waals surface area contributed by atoms with Crippen LogP contribution in [0.4, 0.5) is 0 Å². The van der Waals surface area contributed by atoms with Crippen molar-refractivity contribution in [1.29, 1.82) is 0 Å². The van der Waals surface area contributed by atoms with Crippen LogP contribution in [0.3, 0.4) is 0 Å². The third-order valence-electron chi connectivity index (χ3n) is 8.83. The minimum atomic E-state index is -0.931. The van der Waals surface area contributed by atoms with E-state index in [4.69, 9.17) is 23.7 Å². The summed E-state index contributed by atoms with van der Waals surface area (Å²) in [4.78, 5) is 14.3. The summed E-state index contributed by atoms with van der Waals surface area (Å²) in [7, 11) is 0. The van der Waals surface area contributed by atoms with Crippen molar-refractivity contribution in [3.8, 4) is 67.5 Å². The first kappa shape index (κ1) is 17.5. The summed E-state index contributed by atoms with van der Waals surface area (Å²) in [6.07, 6.45) is 0. The lowest BCUT2D eigenvalue weighted by Crippen LogP contribution is -2.01. The molecule has 0 saturated heterocycles. The van der Waals surface area contributed by atoms with Crippen molar-refractivity contribution in [2.45, 2.75) is 0 Å². The van der Waals surface area contributed by atoms with E-state index in [1.807, 2.05) is 42.5 Å². The average Bonchev–Trinajstić information content (AvgIpc) is 3.40. The monoisotopic (exact) mass is 706 g/mol. The maximum Gasteiger partial charge on any atom is 0.164 e. The maximum atomic E-state index is 9.75. The van der Waals surface area contributed by atoms with Crippen LogP contribution in [0.2, 0.25) is 0 Å². The Bertz CT molecular complexity index is 4030. The molecule has 0 aliphatic heterocycles. The Labute approximate surface area is 340 Å². The van der Waals surface area contributed by atoms with Crippen LogP contribution >= 0.6 is 0 Å². The molecule has 1 heterocycles. The molecule has 0 unspecified atom stereocenters. The second-order valence-electron chi connectivity index (χ2n) is 12.1. The second-order valence-corrected chi connectivity index (χ2v) is 12.1. The lowest BCUT2D eigenvalue weighted by molar-refractivity contribution is 1.07. The molecule has 54 heavy (non-hydrogen) atoms. The number of hydrogen-bond donors (Lipinski definition) is 0. The molecule has 10 aromatic rings. The highest BCUT2D eigenvalue weighted by atomic mass is 15.0. The van der Waals surface area contributed by atoms with Gasteiger partial charge in [0.2, 0.25) is 0 Å². The summed E-state index contributed by atoms with van der Waals surface area (Å²) in [6, 6.07) is 10.1. The van der Waals surface area contributed by atoms with Crippen molar-refractivity contribution in [1.82, 2.24) is 15.0 Å². The van der Waals surface area contributed by atoms with Gasteiger partial charge in [0, 0.05) is 16.7 Å². The first-order chi connectivity index (χ1) is 34.7. The average molecular weight is 707 g/mol. The van der Waals surface area contributed by atoms with E-state index in [1.54, 1.807) is 42.5 Å². The molecule has 0 spiro atoms. The fourth-order valence-corrected chi connectivity index (χ4v) is 6.33. The normalized spacial score (nSPS) is 16.3. The van der Waals surface area contributed by atoms with Gasteiger partial charge in [0.15, 0.2) is 17.5 Å². The summed E-state index contributed by atoms with van der Waals surface area (Å²) in [5.74, 6) is -0.0815. The van der Waals surface area contributed by atoms with Gasteiger partial charge in [0.05, 0.1) is 26.0 Å². The number of hydrogen-bond acceptors (Lipinski definition) is 3. The predicted molar refractivity (Wildman–Crippen MR) is 225 cm³/mol. The number of rotatable bonds is 6. The zero-order chi connectivity index (χ0) is 52.4. The van der Waals surface area contributed by atoms with Gasteiger partial charge in [0.25, 0.3) is 0 Å². The molecule has 10 rings (SSSR count). The molecule has 0 saturated carbocycles. The van der Waals surface area contributed by atoms with Crippen LogP contribution in [0.15, 0.2) is 200 Å². The highest BCUT2D eigenvalue weighted by Gasteiger charge is 2.16. The third kappa shape index (κ3) is 5.69. The highest BCUT2D eigenvalue weighted by molar-refractivity contribution is 6.25. The molecule has 0 radical (unpaired) electrons. The smallest absolute Gasteiger partial charge is 0.164 e. The van der Waals surface area contributed by atoms with Crippen molar-refractivity contribution >= 4 is 32.3 Å². The van der Waals surface area contributed by atoms with Crippen molar-refractivity contribution in [2.75, 3.05) is 0 Å². The second kappa shape index (κ2) is 13.4. The third-order valence-corrected chi connectivity index (χ3v) is 8.83. The van der Waals surface area contributed by atoms with Crippen molar-refractivity contribution in [2.24, 2.45) is 0 Å². The standard InChI is InChI=1S/C51H33N3/c1-3-15-34(16-4-1)41-23-7-12-28-47(41)51-53-49(35-17-5-2-6-18-35)52-50(54-51)40-22-14-21-38(32-40)36-19-13-20-37(31-36)39-29-30-46-44-26-9-8-24-42(44)43-25-10-11-27-45(43)48(46)33-39/h1-33H/i8D,9D,10D,11D,13D,14D,19D,20D,21D,22D,24D,25D,26D,27D,29D,30D,31D,32D,33D. The summed E-state index contributed by atoms with van der Waals surface area (Å²) >= 11 is 0. The molecule has 9 aromatic carbocycles. The van der Waals surface area contributed by atoms with E-state index < -0.39 is 175 Å². The van der Waals surface area contributed by atoms with Gasteiger partial charge >= 0.3 is 0 Å². The van der Waals surface area contributed by atoms with E-state index in [0.29, 0.717) is 11.1 Å². The molecule has 0 aliphatic rings. The molecule has 0 bridgehead atoms. The van der Waals surface area contributed by atoms with Crippen LogP contribution in [0.1, 0.15) is 26.0 Å². The Morgan fingerprint density at radius 3 is 1.31 bits per heavy atom. The van der Waals surface area contributed by atoms with Crippen LogP contribution in [0, 0.1) is 0 Å². The highest BCUT2D eigenvalue weighted by Crippen LogP contribution is 2.38. The molecule has 252 valence electrons. The molecular weight excluding hydrogens is 655 g/mol. The summed E-state index contributed by atoms with van der Waals surface area (Å²) in [6.45, 7) is 0. The Morgan fingerprint density at radius 1 is 0.278 bits per heavy atom. The van der Waals surface area contributed by atoms with E-state index in [2.05, 4.69) is 4.98 Å². The van der Waals surface area contributed by atoms with Gasteiger partial charge in [-0.1, -0.05) is 182 Å². The van der Waals surface area contributed by atoms with Crippen LogP contribution in [-0.2, 0) is 0 Å². The van der Waals surface area contributed by atoms with E-state index in [9.17, 15) is 12.3 Å². The largest absolute Gasteiger partial charge is 0.208 e. The van der Waals surface area contributed by atoms with Gasteiger partial charge in [-0.25, -0.2) is 15.0 Å². The molecule has 3 heteroatoms. The molecule has 0 fully saturated rings. The minimum Gasteiger partial charge on any atom is -0.208 e. The van der Waals surface area contributed by atoms with Crippen LogP contribution < -0.4 is 0 Å². The van der Waals surface area contributed by atoms with E-state index in [1.165, 1.54) is 0 Å². The fraction of sp³-hybridized carbons (Fsp3) is 0. The molecule has 3 nitrogen and oxygen atoms in total. The number of benzene rings is 9. The summed E-state index contributed by atoms with van der Waals surface area (Å²) < 4.78 is 173. The Balaban J connectivity index is 1.30. The van der Waals surface area contributed by atoms with Crippen molar-refractivity contribution in [3.63, 3.8) is 0 Å². The predicted octanol–water partition coefficient (Wildman–Crippen LogP) is 13.3. The Hall–Kier alpha value is -7.23. The quantitative estimate of drug-likeness (QED) is 0.162. The first-order valence-electron chi connectivity index (χ1n) is 26.2. The van der Waals surface area contributed by atoms with Gasteiger partial charge < -0.3 is 0 Å². The molecule has 0 atom stereocenters. The van der Waals surface area contributed by atoms with Gasteiger partial charge in [-0.15, -0.1) is 0 Å². The Morgan fingerprint density at radius 2 is 0.704 bits per heavy atom. The number of fused-ring (bicyclic) bond motifs is 6. The van der Waals surface area contributed by atoms with Gasteiger partial charge in [0.1, 0.15) is 0 Å². The van der Waals surface area contributed by atoms with E-state index in [-0.39, 0.29) is 17.5 Å². The lowest BCUT2D eigenvalue weighted by Gasteiger charge is -2.13. The first-order valence-corrected chi connectivity index (χ1v) is 16.7. The topological polar surface area (TPSA) is 38.7 Å². The van der Waals surface area contributed by atoms with Crippen molar-refractivity contribution in [3.05, 3.63) is 200 Å². The van der Waals surface area contributed by atoms with Gasteiger partial charge in [-0.3, -0.25) is 0 Å². The molecule has 1 aromatic heterocycles. The van der Waals surface area contributed by atoms with Crippen LogP contribution in [-0.4, -0.2) is 15.0 Å². The number of aromatic nitrogens is 3. The molecule has 0 amide bonds. The van der Waals surface area contributed by atoms with Gasteiger partial charge in [-0.05, 0) is 83.8 Å². The maximum absolute atomic E-state index is 9.75. The van der Waals surface area contributed by atoms with E-state index >= 15 is 0 Å². The molecule has 0 N–H and O–H groups in total. The minimum absolute atomic E-state index is 0.107. The molecular formula is C51H33N3. The summed E-state index contributed by atoms with van der Waals surface area (Å²) in [5.41, 5.74) is -0.624. The van der Waals surface area contributed by atoms with Gasteiger partial charge in [-0.2, -0.15) is 0 Å². The molecule has 0 aliphatic carbocycles. The number of nitrogens with zero attached hydrogens (tertiary/aromatic N) is 3. The SMILES string of the molecule is [2H]c1c([2H])c(-c2nc(-c3ccccc3)nc(-c3ccccc3-c3ccccc3)n2)c([2H])c(-c2c([2H])c([2H])c([2H])c(-c3c([2H])c([2H])c4c5c([2H])c([2H])c([2H])c([2H])c5c5c([2H])c([2H])c([2H])c([2H])c5c4c3[2H])c2[2H])c1[2H]. The van der Waals surface area contributed by atoms with Crippen molar-refractivity contribution < 1.29 is 26.0 Å². The summed E-state index contributed by atoms with van der Waals surface area (Å²) in [5, 5.41) is -2.68. The van der Waals surface area contributed by atoms with Crippen LogP contribution in [0.5, 0.6) is 0 Å². The Kier molecular flexibility index (Phi) is 4.35. The zero-order valence-corrected chi connectivity index (χ0v) is 27.9. The van der Waals surface area contributed by atoms with E-state index in [0.717, 1.165) is 11.1 Å². The lowest BCUT2D eigenvalue weighted by atomic mass is 9.91. The fourth-order valence-electron chi connectivity index (χ4n) is 6.33.